The van der Waals surface area contributed by atoms with E-state index in [4.69, 9.17) is 10.5 Å². The van der Waals surface area contributed by atoms with Crippen molar-refractivity contribution >= 4 is 5.91 Å². The van der Waals surface area contributed by atoms with Crippen LogP contribution in [0, 0.1) is 0 Å². The van der Waals surface area contributed by atoms with Gasteiger partial charge in [-0.15, -0.1) is 0 Å². The summed E-state index contributed by atoms with van der Waals surface area (Å²) in [7, 11) is 0. The number of carbonyl (C=O) groups excluding carboxylic acids is 1. The van der Waals surface area contributed by atoms with Crippen LogP contribution >= 0.6 is 0 Å². The second-order valence-electron chi connectivity index (χ2n) is 5.38. The molecule has 1 fully saturated rings. The van der Waals surface area contributed by atoms with Crippen molar-refractivity contribution in [2.75, 3.05) is 6.54 Å². The minimum absolute atomic E-state index is 0.0178. The first-order valence-electron chi connectivity index (χ1n) is 7.23. The van der Waals surface area contributed by atoms with Gasteiger partial charge >= 0.3 is 6.18 Å². The summed E-state index contributed by atoms with van der Waals surface area (Å²) in [5.41, 5.74) is 3.96. The molecule has 7 heteroatoms. The molecule has 22 heavy (non-hydrogen) atoms. The molecular weight excluding hydrogens is 297 g/mol. The molecule has 2 rings (SSSR count). The molecule has 3 N–H and O–H groups in total. The maximum absolute atomic E-state index is 12.9. The molecule has 1 aromatic rings. The van der Waals surface area contributed by atoms with E-state index in [2.05, 4.69) is 5.32 Å². The molecule has 4 nitrogen and oxygen atoms in total. The summed E-state index contributed by atoms with van der Waals surface area (Å²) in [5.74, 6) is -0.896. The molecule has 0 aromatic heterocycles. The predicted molar refractivity (Wildman–Crippen MR) is 75.7 cm³/mol. The third kappa shape index (κ3) is 3.91. The molecule has 1 heterocycles. The molecule has 122 valence electrons. The van der Waals surface area contributed by atoms with Crippen LogP contribution in [0.1, 0.15) is 42.1 Å². The Morgan fingerprint density at radius 2 is 2.18 bits per heavy atom. The third-order valence-electron chi connectivity index (χ3n) is 3.76. The number of halogens is 3. The van der Waals surface area contributed by atoms with Gasteiger partial charge in [0.05, 0.1) is 5.56 Å². The molecule has 1 amide bonds. The topological polar surface area (TPSA) is 64.3 Å². The lowest BCUT2D eigenvalue weighted by atomic mass is 10.1. The second-order valence-corrected chi connectivity index (χ2v) is 5.38. The molecule has 1 aliphatic heterocycles. The molecule has 2 atom stereocenters. The van der Waals surface area contributed by atoms with Crippen molar-refractivity contribution in [3.8, 4) is 5.75 Å². The summed E-state index contributed by atoms with van der Waals surface area (Å²) in [6.07, 6.45) is -2.22. The van der Waals surface area contributed by atoms with Crippen molar-refractivity contribution in [2.45, 2.75) is 44.5 Å². The van der Waals surface area contributed by atoms with Gasteiger partial charge in [-0.05, 0) is 44.0 Å². The lowest BCUT2D eigenvalue weighted by molar-refractivity contribution is -0.137. The first kappa shape index (κ1) is 16.6. The van der Waals surface area contributed by atoms with Gasteiger partial charge < -0.3 is 15.8 Å². The molecule has 0 bridgehead atoms. The zero-order chi connectivity index (χ0) is 16.3. The van der Waals surface area contributed by atoms with Crippen LogP contribution in [0.2, 0.25) is 0 Å². The van der Waals surface area contributed by atoms with Crippen LogP contribution in [0.5, 0.6) is 5.75 Å². The Kier molecular flexibility index (Phi) is 4.95. The van der Waals surface area contributed by atoms with E-state index in [0.29, 0.717) is 6.42 Å². The molecule has 1 aliphatic rings. The first-order chi connectivity index (χ1) is 10.3. The zero-order valence-electron chi connectivity index (χ0n) is 12.2. The highest BCUT2D eigenvalue weighted by molar-refractivity contribution is 5.93. The van der Waals surface area contributed by atoms with E-state index in [1.165, 1.54) is 6.07 Å². The van der Waals surface area contributed by atoms with E-state index in [9.17, 15) is 18.0 Å². The summed E-state index contributed by atoms with van der Waals surface area (Å²) in [4.78, 5) is 11.2. The van der Waals surface area contributed by atoms with Crippen LogP contribution in [0.25, 0.3) is 0 Å². The van der Waals surface area contributed by atoms with E-state index in [1.807, 2.05) is 6.92 Å². The van der Waals surface area contributed by atoms with Gasteiger partial charge in [0.2, 0.25) is 5.91 Å². The summed E-state index contributed by atoms with van der Waals surface area (Å²) < 4.78 is 44.4. The zero-order valence-corrected chi connectivity index (χ0v) is 12.2. The maximum Gasteiger partial charge on any atom is 0.416 e. The summed E-state index contributed by atoms with van der Waals surface area (Å²) in [6, 6.07) is 3.01. The molecule has 2 unspecified atom stereocenters. The van der Waals surface area contributed by atoms with Gasteiger partial charge in [-0.25, -0.2) is 0 Å². The van der Waals surface area contributed by atoms with Crippen LogP contribution in [0.15, 0.2) is 18.2 Å². The molecule has 0 saturated carbocycles. The molecule has 1 aromatic carbocycles. The molecule has 0 radical (unpaired) electrons. The summed E-state index contributed by atoms with van der Waals surface area (Å²) in [5, 5.41) is 3.27. The summed E-state index contributed by atoms with van der Waals surface area (Å²) in [6.45, 7) is 2.78. The highest BCUT2D eigenvalue weighted by Crippen LogP contribution is 2.33. The fourth-order valence-electron chi connectivity index (χ4n) is 2.63. The highest BCUT2D eigenvalue weighted by Gasteiger charge is 2.32. The van der Waals surface area contributed by atoms with E-state index < -0.39 is 17.6 Å². The van der Waals surface area contributed by atoms with Crippen molar-refractivity contribution in [3.05, 3.63) is 29.3 Å². The maximum atomic E-state index is 12.9. The largest absolute Gasteiger partial charge is 0.489 e. The molecule has 0 aliphatic carbocycles. The van der Waals surface area contributed by atoms with Crippen LogP contribution in [-0.4, -0.2) is 24.6 Å². The van der Waals surface area contributed by atoms with E-state index in [1.54, 1.807) is 0 Å². The third-order valence-corrected chi connectivity index (χ3v) is 3.76. The van der Waals surface area contributed by atoms with Gasteiger partial charge in [0, 0.05) is 11.6 Å². The second kappa shape index (κ2) is 6.56. The number of amides is 1. The minimum atomic E-state index is -4.56. The lowest BCUT2D eigenvalue weighted by Gasteiger charge is -2.24. The fraction of sp³-hybridized carbons (Fsp3) is 0.533. The number of carbonyl (C=O) groups is 1. The number of primary amides is 1. The number of alkyl halides is 3. The van der Waals surface area contributed by atoms with Crippen LogP contribution in [0.4, 0.5) is 13.2 Å². The van der Waals surface area contributed by atoms with Crippen molar-refractivity contribution in [1.82, 2.24) is 5.32 Å². The van der Waals surface area contributed by atoms with E-state index >= 15 is 0 Å². The van der Waals surface area contributed by atoms with Crippen molar-refractivity contribution in [3.63, 3.8) is 0 Å². The highest BCUT2D eigenvalue weighted by atomic mass is 19.4. The Morgan fingerprint density at radius 1 is 1.45 bits per heavy atom. The van der Waals surface area contributed by atoms with Crippen LogP contribution < -0.4 is 15.8 Å². The van der Waals surface area contributed by atoms with E-state index in [0.717, 1.165) is 31.5 Å². The number of rotatable bonds is 5. The fourth-order valence-corrected chi connectivity index (χ4v) is 2.63. The van der Waals surface area contributed by atoms with Crippen molar-refractivity contribution in [1.29, 1.82) is 0 Å². The Labute approximate surface area is 126 Å². The van der Waals surface area contributed by atoms with Gasteiger partial charge in [-0.3, -0.25) is 4.79 Å². The number of benzene rings is 1. The first-order valence-corrected chi connectivity index (χ1v) is 7.23. The average molecular weight is 316 g/mol. The monoisotopic (exact) mass is 316 g/mol. The quantitative estimate of drug-likeness (QED) is 0.878. The number of hydrogen-bond donors (Lipinski definition) is 2. The van der Waals surface area contributed by atoms with Gasteiger partial charge in [0.1, 0.15) is 11.9 Å². The minimum Gasteiger partial charge on any atom is -0.489 e. The Balaban J connectivity index is 2.28. The lowest BCUT2D eigenvalue weighted by Crippen LogP contribution is -2.38. The smallest absolute Gasteiger partial charge is 0.416 e. The number of hydrogen-bond acceptors (Lipinski definition) is 3. The van der Waals surface area contributed by atoms with Crippen LogP contribution in [-0.2, 0) is 6.18 Å². The molecular formula is C15H19F3N2O2. The molecule has 0 spiro atoms. The SMILES string of the molecule is CCC(Oc1cc(C(N)=O)cc(C(F)(F)F)c1)C1CCCN1. The van der Waals surface area contributed by atoms with Gasteiger partial charge in [0.25, 0.3) is 0 Å². The Bertz CT molecular complexity index is 540. The molecule has 1 saturated heterocycles. The van der Waals surface area contributed by atoms with Crippen molar-refractivity contribution in [2.24, 2.45) is 5.73 Å². The summed E-state index contributed by atoms with van der Waals surface area (Å²) >= 11 is 0. The average Bonchev–Trinajstić information content (AvgIpc) is 2.97. The van der Waals surface area contributed by atoms with Gasteiger partial charge in [-0.2, -0.15) is 13.2 Å². The van der Waals surface area contributed by atoms with Crippen molar-refractivity contribution < 1.29 is 22.7 Å². The number of nitrogens with one attached hydrogen (secondary N) is 1. The van der Waals surface area contributed by atoms with Crippen LogP contribution in [0.3, 0.4) is 0 Å². The van der Waals surface area contributed by atoms with Gasteiger partial charge in [0.15, 0.2) is 0 Å². The predicted octanol–water partition coefficient (Wildman–Crippen LogP) is 2.71. The number of ether oxygens (including phenoxy) is 1. The van der Waals surface area contributed by atoms with E-state index in [-0.39, 0.29) is 23.5 Å². The Hall–Kier alpha value is -1.76. The Morgan fingerprint density at radius 3 is 2.68 bits per heavy atom. The number of nitrogens with two attached hydrogens (primary N) is 1. The normalized spacial score (nSPS) is 19.9. The standard InChI is InChI=1S/C15H19F3N2O2/c1-2-13(12-4-3-5-20-12)22-11-7-9(14(19)21)6-10(8-11)15(16,17)18/h6-8,12-13,20H,2-5H2,1H3,(H2,19,21). The van der Waals surface area contributed by atoms with Gasteiger partial charge in [-0.1, -0.05) is 6.92 Å².